The van der Waals surface area contributed by atoms with Gasteiger partial charge in [-0.25, -0.2) is 0 Å². The summed E-state index contributed by atoms with van der Waals surface area (Å²) in [6, 6.07) is 9.91. The van der Waals surface area contributed by atoms with E-state index in [1.165, 1.54) is 0 Å². The van der Waals surface area contributed by atoms with Crippen molar-refractivity contribution in [3.05, 3.63) is 35.9 Å². The van der Waals surface area contributed by atoms with Gasteiger partial charge in [-0.15, -0.1) is 12.4 Å². The summed E-state index contributed by atoms with van der Waals surface area (Å²) in [6.07, 6.45) is 1.83. The van der Waals surface area contributed by atoms with Crippen LogP contribution >= 0.6 is 12.4 Å². The molecule has 2 N–H and O–H groups in total. The molecular formula is C15H23ClN2O2. The average Bonchev–Trinajstić information content (AvgIpc) is 2.48. The number of amides is 1. The molecule has 0 bridgehead atoms. The molecule has 1 amide bonds. The number of benzene rings is 1. The van der Waals surface area contributed by atoms with Crippen molar-refractivity contribution in [1.29, 1.82) is 0 Å². The van der Waals surface area contributed by atoms with E-state index in [1.54, 1.807) is 7.11 Å². The van der Waals surface area contributed by atoms with Crippen LogP contribution in [0.5, 0.6) is 0 Å². The molecule has 1 heterocycles. The van der Waals surface area contributed by atoms with E-state index in [2.05, 4.69) is 10.6 Å². The monoisotopic (exact) mass is 298 g/mol. The van der Waals surface area contributed by atoms with Gasteiger partial charge >= 0.3 is 0 Å². The van der Waals surface area contributed by atoms with Crippen molar-refractivity contribution in [3.63, 3.8) is 0 Å². The maximum atomic E-state index is 12.3. The van der Waals surface area contributed by atoms with Crippen LogP contribution in [0, 0.1) is 5.92 Å². The zero-order valence-electron chi connectivity index (χ0n) is 11.8. The molecule has 1 aromatic carbocycles. The van der Waals surface area contributed by atoms with Crippen LogP contribution in [0.2, 0.25) is 0 Å². The lowest BCUT2D eigenvalue weighted by Gasteiger charge is -2.25. The third kappa shape index (κ3) is 4.78. The Morgan fingerprint density at radius 3 is 2.60 bits per heavy atom. The first-order chi connectivity index (χ1) is 9.31. The van der Waals surface area contributed by atoms with E-state index in [-0.39, 0.29) is 30.3 Å². The standard InChI is InChI=1S/C15H22N2O2.ClH/c1-19-11-14(12-5-3-2-4-6-12)17-15(18)13-7-9-16-10-8-13;/h2-6,13-14,16H,7-11H2,1H3,(H,17,18);1H. The Labute approximate surface area is 126 Å². The summed E-state index contributed by atoms with van der Waals surface area (Å²) in [6.45, 7) is 2.36. The topological polar surface area (TPSA) is 50.4 Å². The molecule has 112 valence electrons. The van der Waals surface area contributed by atoms with Crippen LogP contribution in [0.4, 0.5) is 0 Å². The summed E-state index contributed by atoms with van der Waals surface area (Å²) in [5.41, 5.74) is 1.09. The first-order valence-corrected chi connectivity index (χ1v) is 6.86. The van der Waals surface area contributed by atoms with Crippen molar-refractivity contribution < 1.29 is 9.53 Å². The third-order valence-corrected chi connectivity index (χ3v) is 3.56. The highest BCUT2D eigenvalue weighted by atomic mass is 35.5. The van der Waals surface area contributed by atoms with Crippen LogP contribution in [-0.2, 0) is 9.53 Å². The maximum absolute atomic E-state index is 12.3. The van der Waals surface area contributed by atoms with E-state index < -0.39 is 0 Å². The molecule has 1 aliphatic rings. The number of hydrogen-bond donors (Lipinski definition) is 2. The molecule has 0 spiro atoms. The van der Waals surface area contributed by atoms with E-state index in [1.807, 2.05) is 30.3 Å². The van der Waals surface area contributed by atoms with E-state index in [9.17, 15) is 4.79 Å². The summed E-state index contributed by atoms with van der Waals surface area (Å²) in [7, 11) is 1.66. The van der Waals surface area contributed by atoms with Crippen LogP contribution < -0.4 is 10.6 Å². The van der Waals surface area contributed by atoms with Crippen molar-refractivity contribution in [1.82, 2.24) is 10.6 Å². The second-order valence-electron chi connectivity index (χ2n) is 4.95. The Hall–Kier alpha value is -1.10. The SMILES string of the molecule is COCC(NC(=O)C1CCNCC1)c1ccccc1.Cl. The maximum Gasteiger partial charge on any atom is 0.223 e. The number of rotatable bonds is 5. The van der Waals surface area contributed by atoms with Crippen LogP contribution in [-0.4, -0.2) is 32.7 Å². The van der Waals surface area contributed by atoms with Gasteiger partial charge in [0.2, 0.25) is 5.91 Å². The van der Waals surface area contributed by atoms with Gasteiger partial charge in [0.25, 0.3) is 0 Å². The molecule has 1 unspecified atom stereocenters. The van der Waals surface area contributed by atoms with Gasteiger partial charge in [-0.1, -0.05) is 30.3 Å². The summed E-state index contributed by atoms with van der Waals surface area (Å²) >= 11 is 0. The first kappa shape index (κ1) is 17.0. The van der Waals surface area contributed by atoms with E-state index >= 15 is 0 Å². The quantitative estimate of drug-likeness (QED) is 0.873. The molecule has 1 fully saturated rings. The fourth-order valence-corrected chi connectivity index (χ4v) is 2.45. The molecule has 20 heavy (non-hydrogen) atoms. The molecule has 0 saturated carbocycles. The number of nitrogens with one attached hydrogen (secondary N) is 2. The molecule has 1 atom stereocenters. The highest BCUT2D eigenvalue weighted by Crippen LogP contribution is 2.17. The van der Waals surface area contributed by atoms with Crippen molar-refractivity contribution in [2.24, 2.45) is 5.92 Å². The zero-order valence-corrected chi connectivity index (χ0v) is 12.6. The average molecular weight is 299 g/mol. The summed E-state index contributed by atoms with van der Waals surface area (Å²) < 4.78 is 5.22. The first-order valence-electron chi connectivity index (χ1n) is 6.86. The number of piperidine rings is 1. The van der Waals surface area contributed by atoms with Gasteiger partial charge in [-0.3, -0.25) is 4.79 Å². The summed E-state index contributed by atoms with van der Waals surface area (Å²) in [4.78, 5) is 12.3. The number of hydrogen-bond acceptors (Lipinski definition) is 3. The van der Waals surface area contributed by atoms with E-state index in [4.69, 9.17) is 4.74 Å². The molecule has 0 aromatic heterocycles. The van der Waals surface area contributed by atoms with Crippen LogP contribution in [0.25, 0.3) is 0 Å². The van der Waals surface area contributed by atoms with Gasteiger partial charge < -0.3 is 15.4 Å². The molecule has 1 saturated heterocycles. The lowest BCUT2D eigenvalue weighted by Crippen LogP contribution is -2.40. The Kier molecular flexibility index (Phi) is 7.59. The number of carbonyl (C=O) groups excluding carboxylic acids is 1. The van der Waals surface area contributed by atoms with Crippen molar-refractivity contribution in [3.8, 4) is 0 Å². The highest BCUT2D eigenvalue weighted by molar-refractivity contribution is 5.85. The van der Waals surface area contributed by atoms with Gasteiger partial charge in [0.1, 0.15) is 0 Å². The Bertz CT molecular complexity index is 394. The minimum absolute atomic E-state index is 0. The van der Waals surface area contributed by atoms with Crippen molar-refractivity contribution in [2.45, 2.75) is 18.9 Å². The summed E-state index contributed by atoms with van der Waals surface area (Å²) in [5, 5.41) is 6.39. The molecule has 1 aliphatic heterocycles. The molecular weight excluding hydrogens is 276 g/mol. The van der Waals surface area contributed by atoms with Gasteiger partial charge in [0, 0.05) is 13.0 Å². The largest absolute Gasteiger partial charge is 0.382 e. The van der Waals surface area contributed by atoms with Crippen LogP contribution in [0.15, 0.2) is 30.3 Å². The molecule has 5 heteroatoms. The van der Waals surface area contributed by atoms with Gasteiger partial charge in [-0.2, -0.15) is 0 Å². The van der Waals surface area contributed by atoms with Crippen molar-refractivity contribution >= 4 is 18.3 Å². The second kappa shape index (κ2) is 8.95. The second-order valence-corrected chi connectivity index (χ2v) is 4.95. The molecule has 0 radical (unpaired) electrons. The normalized spacial score (nSPS) is 17.1. The number of halogens is 1. The minimum Gasteiger partial charge on any atom is -0.382 e. The summed E-state index contributed by atoms with van der Waals surface area (Å²) in [5.74, 6) is 0.275. The Morgan fingerprint density at radius 1 is 1.35 bits per heavy atom. The highest BCUT2D eigenvalue weighted by Gasteiger charge is 2.23. The fourth-order valence-electron chi connectivity index (χ4n) is 2.45. The zero-order chi connectivity index (χ0) is 13.5. The van der Waals surface area contributed by atoms with Gasteiger partial charge in [-0.05, 0) is 31.5 Å². The molecule has 2 rings (SSSR count). The lowest BCUT2D eigenvalue weighted by atomic mass is 9.96. The number of carbonyl (C=O) groups is 1. The van der Waals surface area contributed by atoms with Crippen LogP contribution in [0.1, 0.15) is 24.4 Å². The predicted octanol–water partition coefficient (Wildman–Crippen LogP) is 1.91. The van der Waals surface area contributed by atoms with E-state index in [0.717, 1.165) is 31.5 Å². The van der Waals surface area contributed by atoms with Gasteiger partial charge in [0.05, 0.1) is 12.6 Å². The van der Waals surface area contributed by atoms with E-state index in [0.29, 0.717) is 6.61 Å². The Balaban J connectivity index is 0.00000200. The molecule has 0 aliphatic carbocycles. The molecule has 4 nitrogen and oxygen atoms in total. The Morgan fingerprint density at radius 2 is 2.00 bits per heavy atom. The minimum atomic E-state index is -0.0615. The number of ether oxygens (including phenoxy) is 1. The fraction of sp³-hybridized carbons (Fsp3) is 0.533. The smallest absolute Gasteiger partial charge is 0.223 e. The lowest BCUT2D eigenvalue weighted by molar-refractivity contribution is -0.126. The number of methoxy groups -OCH3 is 1. The predicted molar refractivity (Wildman–Crippen MR) is 82.0 cm³/mol. The van der Waals surface area contributed by atoms with Crippen molar-refractivity contribution in [2.75, 3.05) is 26.8 Å². The third-order valence-electron chi connectivity index (χ3n) is 3.56. The van der Waals surface area contributed by atoms with Gasteiger partial charge in [0.15, 0.2) is 0 Å². The van der Waals surface area contributed by atoms with Crippen LogP contribution in [0.3, 0.4) is 0 Å². The molecule has 1 aromatic rings.